The number of urea groups is 1. The Kier molecular flexibility index (Phi) is 5.16. The van der Waals surface area contributed by atoms with Crippen LogP contribution in [-0.4, -0.2) is 36.4 Å². The number of methoxy groups -OCH3 is 1. The molecular weight excluding hydrogens is 272 g/mol. The van der Waals surface area contributed by atoms with Gasteiger partial charge in [0.15, 0.2) is 6.04 Å². The lowest BCUT2D eigenvalue weighted by molar-refractivity contribution is -0.139. The van der Waals surface area contributed by atoms with Crippen molar-refractivity contribution >= 4 is 12.0 Å². The standard InChI is InChI=1S/C15H20N2O4/c1-21-12-8-7-11(9-12)16-15(20)17-13(14(18)19)10-5-3-2-4-6-10/h2-6,11-13H,7-9H2,1H3,(H,18,19)(H2,16,17,20)/t11?,12?,13-/m1/s1. The fraction of sp³-hybridized carbons (Fsp3) is 0.467. The highest BCUT2D eigenvalue weighted by molar-refractivity contribution is 5.83. The van der Waals surface area contributed by atoms with E-state index in [0.29, 0.717) is 5.56 Å². The second-order valence-corrected chi connectivity index (χ2v) is 5.17. The highest BCUT2D eigenvalue weighted by Crippen LogP contribution is 2.21. The molecule has 0 radical (unpaired) electrons. The molecular formula is C15H20N2O4. The predicted octanol–water partition coefficient (Wildman–Crippen LogP) is 1.68. The lowest BCUT2D eigenvalue weighted by Crippen LogP contribution is -2.44. The molecule has 0 bridgehead atoms. The summed E-state index contributed by atoms with van der Waals surface area (Å²) in [5, 5.41) is 14.6. The van der Waals surface area contributed by atoms with Gasteiger partial charge in [-0.3, -0.25) is 0 Å². The van der Waals surface area contributed by atoms with E-state index in [4.69, 9.17) is 4.74 Å². The second-order valence-electron chi connectivity index (χ2n) is 5.17. The third kappa shape index (κ3) is 4.19. The number of carbonyl (C=O) groups excluding carboxylic acids is 1. The van der Waals surface area contributed by atoms with E-state index in [-0.39, 0.29) is 12.1 Å². The summed E-state index contributed by atoms with van der Waals surface area (Å²) in [6.45, 7) is 0. The van der Waals surface area contributed by atoms with Gasteiger partial charge in [0.2, 0.25) is 0 Å². The Bertz CT molecular complexity index is 492. The SMILES string of the molecule is COC1CCC(NC(=O)N[C@@H](C(=O)O)c2ccccc2)C1. The van der Waals surface area contributed by atoms with E-state index < -0.39 is 18.0 Å². The van der Waals surface area contributed by atoms with Gasteiger partial charge >= 0.3 is 12.0 Å². The first-order chi connectivity index (χ1) is 10.1. The maximum absolute atomic E-state index is 12.0. The highest BCUT2D eigenvalue weighted by atomic mass is 16.5. The maximum atomic E-state index is 12.0. The highest BCUT2D eigenvalue weighted by Gasteiger charge is 2.27. The molecule has 2 unspecified atom stereocenters. The number of nitrogens with one attached hydrogen (secondary N) is 2. The van der Waals surface area contributed by atoms with Gasteiger partial charge in [0.25, 0.3) is 0 Å². The minimum atomic E-state index is -1.09. The lowest BCUT2D eigenvalue weighted by Gasteiger charge is -2.18. The van der Waals surface area contributed by atoms with Crippen LogP contribution in [0.1, 0.15) is 30.9 Å². The van der Waals surface area contributed by atoms with Crippen LogP contribution in [0.3, 0.4) is 0 Å². The van der Waals surface area contributed by atoms with Crippen LogP contribution in [-0.2, 0) is 9.53 Å². The van der Waals surface area contributed by atoms with Gasteiger partial charge in [-0.2, -0.15) is 0 Å². The Hall–Kier alpha value is -2.08. The number of benzene rings is 1. The van der Waals surface area contributed by atoms with Crippen LogP contribution in [0.25, 0.3) is 0 Å². The first-order valence-electron chi connectivity index (χ1n) is 6.97. The molecule has 6 heteroatoms. The van der Waals surface area contributed by atoms with Gasteiger partial charge in [-0.25, -0.2) is 9.59 Å². The fourth-order valence-corrected chi connectivity index (χ4v) is 2.58. The summed E-state index contributed by atoms with van der Waals surface area (Å²) >= 11 is 0. The van der Waals surface area contributed by atoms with E-state index in [1.165, 1.54) is 0 Å². The zero-order valence-electron chi connectivity index (χ0n) is 11.9. The Morgan fingerprint density at radius 3 is 2.57 bits per heavy atom. The van der Waals surface area contributed by atoms with Gasteiger partial charge in [-0.05, 0) is 24.8 Å². The van der Waals surface area contributed by atoms with Crippen molar-refractivity contribution in [1.29, 1.82) is 0 Å². The van der Waals surface area contributed by atoms with Crippen LogP contribution in [0.2, 0.25) is 0 Å². The molecule has 0 aromatic heterocycles. The molecule has 0 spiro atoms. The summed E-state index contributed by atoms with van der Waals surface area (Å²) < 4.78 is 5.25. The van der Waals surface area contributed by atoms with Gasteiger partial charge < -0.3 is 20.5 Å². The van der Waals surface area contributed by atoms with Crippen molar-refractivity contribution < 1.29 is 19.4 Å². The molecule has 6 nitrogen and oxygen atoms in total. The van der Waals surface area contributed by atoms with Crippen molar-refractivity contribution in [3.05, 3.63) is 35.9 Å². The summed E-state index contributed by atoms with van der Waals surface area (Å²) in [4.78, 5) is 23.3. The molecule has 2 amide bonds. The summed E-state index contributed by atoms with van der Waals surface area (Å²) in [6, 6.07) is 7.15. The molecule has 1 aromatic rings. The van der Waals surface area contributed by atoms with Gasteiger partial charge in [-0.1, -0.05) is 30.3 Å². The first-order valence-corrected chi connectivity index (χ1v) is 6.97. The third-order valence-corrected chi connectivity index (χ3v) is 3.71. The molecule has 3 N–H and O–H groups in total. The number of rotatable bonds is 5. The van der Waals surface area contributed by atoms with Crippen LogP contribution in [0.4, 0.5) is 4.79 Å². The van der Waals surface area contributed by atoms with Crippen molar-refractivity contribution in [2.75, 3.05) is 7.11 Å². The summed E-state index contributed by atoms with van der Waals surface area (Å²) in [5.74, 6) is -1.09. The van der Waals surface area contributed by atoms with E-state index in [1.54, 1.807) is 37.4 Å². The largest absolute Gasteiger partial charge is 0.479 e. The number of hydrogen-bond acceptors (Lipinski definition) is 3. The topological polar surface area (TPSA) is 87.7 Å². The van der Waals surface area contributed by atoms with Crippen molar-refractivity contribution in [2.24, 2.45) is 0 Å². The van der Waals surface area contributed by atoms with E-state index in [2.05, 4.69) is 10.6 Å². The van der Waals surface area contributed by atoms with Crippen LogP contribution in [0, 0.1) is 0 Å². The number of amides is 2. The van der Waals surface area contributed by atoms with Crippen molar-refractivity contribution in [2.45, 2.75) is 37.5 Å². The molecule has 3 atom stereocenters. The first kappa shape index (κ1) is 15.3. The third-order valence-electron chi connectivity index (χ3n) is 3.71. The molecule has 1 aliphatic rings. The number of carbonyl (C=O) groups is 2. The monoisotopic (exact) mass is 292 g/mol. The maximum Gasteiger partial charge on any atom is 0.330 e. The van der Waals surface area contributed by atoms with Gasteiger partial charge in [0.05, 0.1) is 6.10 Å². The number of carboxylic acid groups (broad SMARTS) is 1. The number of ether oxygens (including phenoxy) is 1. The molecule has 0 aliphatic heterocycles. The Balaban J connectivity index is 1.92. The zero-order valence-corrected chi connectivity index (χ0v) is 11.9. The van der Waals surface area contributed by atoms with Crippen LogP contribution >= 0.6 is 0 Å². The van der Waals surface area contributed by atoms with E-state index in [0.717, 1.165) is 19.3 Å². The minimum absolute atomic E-state index is 0.0279. The molecule has 0 saturated heterocycles. The summed E-state index contributed by atoms with van der Waals surface area (Å²) in [5.41, 5.74) is 0.543. The minimum Gasteiger partial charge on any atom is -0.479 e. The van der Waals surface area contributed by atoms with Crippen molar-refractivity contribution in [3.8, 4) is 0 Å². The van der Waals surface area contributed by atoms with Gasteiger partial charge in [-0.15, -0.1) is 0 Å². The number of aliphatic carboxylic acids is 1. The lowest BCUT2D eigenvalue weighted by atomic mass is 10.1. The second kappa shape index (κ2) is 7.08. The predicted molar refractivity (Wildman–Crippen MR) is 76.9 cm³/mol. The molecule has 0 heterocycles. The van der Waals surface area contributed by atoms with Crippen LogP contribution in [0.15, 0.2) is 30.3 Å². The van der Waals surface area contributed by atoms with E-state index >= 15 is 0 Å². The van der Waals surface area contributed by atoms with E-state index in [9.17, 15) is 14.7 Å². The zero-order chi connectivity index (χ0) is 15.2. The van der Waals surface area contributed by atoms with Gasteiger partial charge in [0, 0.05) is 13.2 Å². The normalized spacial score (nSPS) is 22.5. The quantitative estimate of drug-likeness (QED) is 0.770. The number of hydrogen-bond donors (Lipinski definition) is 3. The fourth-order valence-electron chi connectivity index (χ4n) is 2.58. The van der Waals surface area contributed by atoms with Crippen molar-refractivity contribution in [3.63, 3.8) is 0 Å². The van der Waals surface area contributed by atoms with E-state index in [1.807, 2.05) is 0 Å². The molecule has 1 saturated carbocycles. The molecule has 1 aliphatic carbocycles. The van der Waals surface area contributed by atoms with Crippen LogP contribution in [0.5, 0.6) is 0 Å². The molecule has 114 valence electrons. The average Bonchev–Trinajstić information content (AvgIpc) is 2.93. The molecule has 1 aromatic carbocycles. The Labute approximate surface area is 123 Å². The Morgan fingerprint density at radius 1 is 1.29 bits per heavy atom. The summed E-state index contributed by atoms with van der Waals surface area (Å²) in [6.07, 6.45) is 2.67. The Morgan fingerprint density at radius 2 is 2.00 bits per heavy atom. The number of carboxylic acids is 1. The average molecular weight is 292 g/mol. The van der Waals surface area contributed by atoms with Gasteiger partial charge in [0.1, 0.15) is 0 Å². The molecule has 21 heavy (non-hydrogen) atoms. The smallest absolute Gasteiger partial charge is 0.330 e. The molecule has 2 rings (SSSR count). The van der Waals surface area contributed by atoms with Crippen LogP contribution < -0.4 is 10.6 Å². The summed E-state index contributed by atoms with van der Waals surface area (Å²) in [7, 11) is 1.66. The molecule has 1 fully saturated rings. The van der Waals surface area contributed by atoms with Crippen molar-refractivity contribution in [1.82, 2.24) is 10.6 Å².